The van der Waals surface area contributed by atoms with Gasteiger partial charge in [0.05, 0.1) is 11.8 Å². The maximum Gasteiger partial charge on any atom is 0.257 e. The molecule has 2 atom stereocenters. The van der Waals surface area contributed by atoms with Crippen molar-refractivity contribution in [1.82, 2.24) is 4.90 Å². The summed E-state index contributed by atoms with van der Waals surface area (Å²) in [5, 5.41) is 0. The van der Waals surface area contributed by atoms with E-state index in [0.717, 1.165) is 19.5 Å². The van der Waals surface area contributed by atoms with Gasteiger partial charge in [-0.3, -0.25) is 4.79 Å². The molecule has 5 heteroatoms. The number of rotatable bonds is 1. The first-order valence-corrected chi connectivity index (χ1v) is 5.25. The molecule has 1 aliphatic heterocycles. The molecule has 2 heterocycles. The molecule has 16 heavy (non-hydrogen) atoms. The van der Waals surface area contributed by atoms with Crippen LogP contribution in [0.3, 0.4) is 0 Å². The first-order valence-electron chi connectivity index (χ1n) is 5.25. The van der Waals surface area contributed by atoms with E-state index in [1.165, 1.54) is 12.5 Å². The molecule has 4 nitrogen and oxygen atoms in total. The van der Waals surface area contributed by atoms with Crippen molar-refractivity contribution in [2.75, 3.05) is 13.1 Å². The van der Waals surface area contributed by atoms with E-state index in [0.29, 0.717) is 11.5 Å². The minimum absolute atomic E-state index is 0. The van der Waals surface area contributed by atoms with Crippen molar-refractivity contribution in [2.24, 2.45) is 11.7 Å². The summed E-state index contributed by atoms with van der Waals surface area (Å²) in [6, 6.07) is 1.92. The number of nitrogens with zero attached hydrogens (tertiary/aromatic N) is 1. The molecule has 1 aromatic rings. The zero-order valence-electron chi connectivity index (χ0n) is 9.26. The van der Waals surface area contributed by atoms with Crippen molar-refractivity contribution < 1.29 is 9.21 Å². The standard InChI is InChI=1S/C11H16N2O2.ClH/c1-8-6-13(4-2-10(8)12)11(14)9-3-5-15-7-9;/h3,5,7-8,10H,2,4,6,12H2,1H3;1H. The van der Waals surface area contributed by atoms with Crippen molar-refractivity contribution in [3.63, 3.8) is 0 Å². The first kappa shape index (κ1) is 13.1. The molecule has 1 aliphatic rings. The van der Waals surface area contributed by atoms with Gasteiger partial charge in [0.1, 0.15) is 6.26 Å². The Hall–Kier alpha value is -1.00. The molecule has 0 aliphatic carbocycles. The summed E-state index contributed by atoms with van der Waals surface area (Å²) >= 11 is 0. The highest BCUT2D eigenvalue weighted by atomic mass is 35.5. The lowest BCUT2D eigenvalue weighted by Crippen LogP contribution is -2.48. The van der Waals surface area contributed by atoms with Crippen molar-refractivity contribution in [1.29, 1.82) is 0 Å². The van der Waals surface area contributed by atoms with Crippen LogP contribution in [0.25, 0.3) is 0 Å². The Labute approximate surface area is 101 Å². The van der Waals surface area contributed by atoms with Gasteiger partial charge in [0.15, 0.2) is 0 Å². The first-order chi connectivity index (χ1) is 7.18. The fraction of sp³-hybridized carbons (Fsp3) is 0.545. The van der Waals surface area contributed by atoms with E-state index in [1.54, 1.807) is 6.07 Å². The van der Waals surface area contributed by atoms with Crippen LogP contribution in [-0.4, -0.2) is 29.9 Å². The van der Waals surface area contributed by atoms with Gasteiger partial charge >= 0.3 is 0 Å². The number of nitrogens with two attached hydrogens (primary N) is 1. The summed E-state index contributed by atoms with van der Waals surface area (Å²) in [6.45, 7) is 3.57. The van der Waals surface area contributed by atoms with Gasteiger partial charge in [0.2, 0.25) is 0 Å². The number of halogens is 1. The number of hydrogen-bond acceptors (Lipinski definition) is 3. The molecule has 1 aromatic heterocycles. The quantitative estimate of drug-likeness (QED) is 0.815. The van der Waals surface area contributed by atoms with E-state index in [1.807, 2.05) is 4.90 Å². The summed E-state index contributed by atoms with van der Waals surface area (Å²) in [5.41, 5.74) is 6.53. The number of carbonyl (C=O) groups is 1. The molecule has 1 amide bonds. The second-order valence-electron chi connectivity index (χ2n) is 4.19. The van der Waals surface area contributed by atoms with Crippen molar-refractivity contribution in [3.05, 3.63) is 24.2 Å². The van der Waals surface area contributed by atoms with Crippen LogP contribution in [0.4, 0.5) is 0 Å². The van der Waals surface area contributed by atoms with Gasteiger partial charge in [0.25, 0.3) is 5.91 Å². The van der Waals surface area contributed by atoms with Crippen molar-refractivity contribution in [3.8, 4) is 0 Å². The Bertz CT molecular complexity index is 340. The monoisotopic (exact) mass is 244 g/mol. The van der Waals surface area contributed by atoms with E-state index in [2.05, 4.69) is 6.92 Å². The van der Waals surface area contributed by atoms with Gasteiger partial charge in [-0.2, -0.15) is 0 Å². The van der Waals surface area contributed by atoms with Crippen LogP contribution >= 0.6 is 12.4 Å². The van der Waals surface area contributed by atoms with Gasteiger partial charge in [-0.1, -0.05) is 6.92 Å². The van der Waals surface area contributed by atoms with E-state index in [-0.39, 0.29) is 24.4 Å². The SMILES string of the molecule is CC1CN(C(=O)c2ccoc2)CCC1N.Cl. The molecule has 0 spiro atoms. The number of likely N-dealkylation sites (tertiary alicyclic amines) is 1. The maximum absolute atomic E-state index is 11.9. The van der Waals surface area contributed by atoms with Crippen molar-refractivity contribution >= 4 is 18.3 Å². The average molecular weight is 245 g/mol. The third kappa shape index (κ3) is 2.57. The molecule has 90 valence electrons. The number of hydrogen-bond donors (Lipinski definition) is 1. The molecule has 0 aromatic carbocycles. The number of furan rings is 1. The van der Waals surface area contributed by atoms with Crippen LogP contribution in [-0.2, 0) is 0 Å². The third-order valence-corrected chi connectivity index (χ3v) is 3.03. The topological polar surface area (TPSA) is 59.5 Å². The lowest BCUT2D eigenvalue weighted by atomic mass is 9.94. The second-order valence-corrected chi connectivity index (χ2v) is 4.19. The fourth-order valence-corrected chi connectivity index (χ4v) is 1.92. The predicted molar refractivity (Wildman–Crippen MR) is 63.6 cm³/mol. The van der Waals surface area contributed by atoms with Crippen LogP contribution in [0.2, 0.25) is 0 Å². The lowest BCUT2D eigenvalue weighted by molar-refractivity contribution is 0.0663. The van der Waals surface area contributed by atoms with E-state index in [4.69, 9.17) is 10.2 Å². The van der Waals surface area contributed by atoms with Crippen LogP contribution in [0, 0.1) is 5.92 Å². The van der Waals surface area contributed by atoms with Gasteiger partial charge in [-0.05, 0) is 18.4 Å². The molecule has 0 saturated carbocycles. The van der Waals surface area contributed by atoms with Gasteiger partial charge < -0.3 is 15.1 Å². The molecule has 0 bridgehead atoms. The molecule has 2 N–H and O–H groups in total. The maximum atomic E-state index is 11.9. The molecule has 1 saturated heterocycles. The fourth-order valence-electron chi connectivity index (χ4n) is 1.92. The largest absolute Gasteiger partial charge is 0.472 e. The number of carbonyl (C=O) groups excluding carboxylic acids is 1. The smallest absolute Gasteiger partial charge is 0.257 e. The Kier molecular flexibility index (Phi) is 4.38. The lowest BCUT2D eigenvalue weighted by Gasteiger charge is -2.34. The Morgan fingerprint density at radius 2 is 2.38 bits per heavy atom. The second kappa shape index (κ2) is 5.37. The Balaban J connectivity index is 0.00000128. The van der Waals surface area contributed by atoms with Gasteiger partial charge in [-0.15, -0.1) is 12.4 Å². The number of amides is 1. The minimum atomic E-state index is 0. The average Bonchev–Trinajstić information content (AvgIpc) is 2.74. The van der Waals surface area contributed by atoms with E-state index < -0.39 is 0 Å². The highest BCUT2D eigenvalue weighted by Gasteiger charge is 2.27. The summed E-state index contributed by atoms with van der Waals surface area (Å²) in [6.07, 6.45) is 3.89. The molecule has 0 radical (unpaired) electrons. The summed E-state index contributed by atoms with van der Waals surface area (Å²) < 4.78 is 4.90. The van der Waals surface area contributed by atoms with Crippen LogP contribution in [0.15, 0.2) is 23.0 Å². The summed E-state index contributed by atoms with van der Waals surface area (Å²) in [5.74, 6) is 0.414. The highest BCUT2D eigenvalue weighted by molar-refractivity contribution is 5.93. The van der Waals surface area contributed by atoms with E-state index >= 15 is 0 Å². The number of piperidine rings is 1. The summed E-state index contributed by atoms with van der Waals surface area (Å²) in [7, 11) is 0. The Morgan fingerprint density at radius 1 is 1.62 bits per heavy atom. The zero-order valence-corrected chi connectivity index (χ0v) is 10.1. The Morgan fingerprint density at radius 3 is 2.94 bits per heavy atom. The zero-order chi connectivity index (χ0) is 10.8. The molecule has 2 rings (SSSR count). The van der Waals surface area contributed by atoms with Crippen molar-refractivity contribution in [2.45, 2.75) is 19.4 Å². The molecular formula is C11H17ClN2O2. The molecule has 2 unspecified atom stereocenters. The van der Waals surface area contributed by atoms with Gasteiger partial charge in [0, 0.05) is 19.1 Å². The van der Waals surface area contributed by atoms with Crippen LogP contribution in [0.1, 0.15) is 23.7 Å². The third-order valence-electron chi connectivity index (χ3n) is 3.03. The minimum Gasteiger partial charge on any atom is -0.472 e. The van der Waals surface area contributed by atoms with E-state index in [9.17, 15) is 4.79 Å². The molecular weight excluding hydrogens is 228 g/mol. The highest BCUT2D eigenvalue weighted by Crippen LogP contribution is 2.17. The van der Waals surface area contributed by atoms with Gasteiger partial charge in [-0.25, -0.2) is 0 Å². The van der Waals surface area contributed by atoms with Crippen LogP contribution in [0.5, 0.6) is 0 Å². The van der Waals surface area contributed by atoms with Crippen LogP contribution < -0.4 is 5.73 Å². The summed E-state index contributed by atoms with van der Waals surface area (Å²) in [4.78, 5) is 13.8. The predicted octanol–water partition coefficient (Wildman–Crippen LogP) is 1.51. The molecule has 1 fully saturated rings. The normalized spacial score (nSPS) is 25.0.